The summed E-state index contributed by atoms with van der Waals surface area (Å²) in [4.78, 5) is 32.2. The lowest BCUT2D eigenvalue weighted by Gasteiger charge is -2.27. The molecule has 0 radical (unpaired) electrons. The van der Waals surface area contributed by atoms with Gasteiger partial charge in [0.1, 0.15) is 5.00 Å². The van der Waals surface area contributed by atoms with Crippen molar-refractivity contribution < 1.29 is 27.5 Å². The van der Waals surface area contributed by atoms with Crippen molar-refractivity contribution in [3.8, 4) is 0 Å². The first-order valence-corrected chi connectivity index (χ1v) is 16.0. The smallest absolute Gasteiger partial charge is 0.257 e. The van der Waals surface area contributed by atoms with E-state index in [1.54, 1.807) is 4.90 Å². The number of benzene rings is 1. The molecule has 0 bridgehead atoms. The van der Waals surface area contributed by atoms with Gasteiger partial charge in [-0.05, 0) is 63.1 Å². The van der Waals surface area contributed by atoms with Gasteiger partial charge in [-0.25, -0.2) is 8.42 Å². The van der Waals surface area contributed by atoms with Crippen LogP contribution in [0.5, 0.6) is 0 Å². The Balaban J connectivity index is 1.87. The molecule has 0 spiro atoms. The average molecular weight is 595 g/mol. The van der Waals surface area contributed by atoms with E-state index in [9.17, 15) is 18.0 Å². The van der Waals surface area contributed by atoms with Crippen LogP contribution in [-0.2, 0) is 32.5 Å². The highest BCUT2D eigenvalue weighted by molar-refractivity contribution is 7.89. The van der Waals surface area contributed by atoms with Gasteiger partial charge in [0, 0.05) is 63.9 Å². The second kappa shape index (κ2) is 15.0. The van der Waals surface area contributed by atoms with Gasteiger partial charge < -0.3 is 19.7 Å². The van der Waals surface area contributed by atoms with Crippen molar-refractivity contribution in [2.24, 2.45) is 0 Å². The Morgan fingerprint density at radius 1 is 1.02 bits per heavy atom. The predicted molar refractivity (Wildman–Crippen MR) is 158 cm³/mol. The average Bonchev–Trinajstić information content (AvgIpc) is 3.30. The number of amides is 2. The van der Waals surface area contributed by atoms with Crippen LogP contribution in [0.15, 0.2) is 29.2 Å². The van der Waals surface area contributed by atoms with Crippen LogP contribution in [0.2, 0.25) is 0 Å². The summed E-state index contributed by atoms with van der Waals surface area (Å²) in [7, 11) is -0.774. The minimum Gasteiger partial charge on any atom is -0.383 e. The molecular formula is C28H42N4O6S2. The van der Waals surface area contributed by atoms with E-state index in [0.717, 1.165) is 42.9 Å². The highest BCUT2D eigenvalue weighted by atomic mass is 32.2. The first-order valence-electron chi connectivity index (χ1n) is 13.8. The van der Waals surface area contributed by atoms with Crippen LogP contribution in [0.4, 0.5) is 5.00 Å². The predicted octanol–water partition coefficient (Wildman–Crippen LogP) is 3.53. The number of sulfonamides is 1. The highest BCUT2D eigenvalue weighted by Gasteiger charge is 2.31. The maximum Gasteiger partial charge on any atom is 0.257 e. The number of methoxy groups -OCH3 is 2. The van der Waals surface area contributed by atoms with Gasteiger partial charge in [-0.2, -0.15) is 4.31 Å². The largest absolute Gasteiger partial charge is 0.383 e. The maximum absolute atomic E-state index is 13.5. The summed E-state index contributed by atoms with van der Waals surface area (Å²) in [6.07, 6.45) is 1.82. The van der Waals surface area contributed by atoms with E-state index < -0.39 is 15.9 Å². The fourth-order valence-electron chi connectivity index (χ4n) is 4.79. The number of fused-ring (bicyclic) bond motifs is 1. The van der Waals surface area contributed by atoms with E-state index in [1.165, 1.54) is 54.1 Å². The van der Waals surface area contributed by atoms with Crippen LogP contribution >= 0.6 is 11.3 Å². The number of nitrogens with one attached hydrogen (secondary N) is 1. The van der Waals surface area contributed by atoms with Crippen molar-refractivity contribution in [1.29, 1.82) is 0 Å². The lowest BCUT2D eigenvalue weighted by molar-refractivity contribution is 0.0772. The summed E-state index contributed by atoms with van der Waals surface area (Å²) in [6, 6.07) is 5.85. The minimum absolute atomic E-state index is 0.0737. The summed E-state index contributed by atoms with van der Waals surface area (Å²) >= 11 is 1.46. The Labute approximate surface area is 242 Å². The number of hydrogen-bond acceptors (Lipinski definition) is 8. The zero-order valence-electron chi connectivity index (χ0n) is 24.2. The number of thiophene rings is 1. The summed E-state index contributed by atoms with van der Waals surface area (Å²) in [6.45, 7) is 10.7. The Morgan fingerprint density at radius 3 is 2.20 bits per heavy atom. The van der Waals surface area contributed by atoms with Crippen molar-refractivity contribution in [2.45, 2.75) is 45.1 Å². The van der Waals surface area contributed by atoms with Crippen LogP contribution in [0.1, 0.15) is 58.3 Å². The molecule has 40 heavy (non-hydrogen) atoms. The van der Waals surface area contributed by atoms with Gasteiger partial charge in [0.25, 0.3) is 11.8 Å². The topological polar surface area (TPSA) is 108 Å². The molecule has 1 N–H and O–H groups in total. The van der Waals surface area contributed by atoms with Gasteiger partial charge in [0.05, 0.1) is 23.7 Å². The molecule has 3 rings (SSSR count). The normalized spacial score (nSPS) is 13.8. The molecular weight excluding hydrogens is 552 g/mol. The quantitative estimate of drug-likeness (QED) is 0.336. The van der Waals surface area contributed by atoms with Crippen LogP contribution < -0.4 is 5.32 Å². The molecule has 12 heteroatoms. The van der Waals surface area contributed by atoms with Gasteiger partial charge in [-0.15, -0.1) is 11.3 Å². The lowest BCUT2D eigenvalue weighted by Crippen LogP contribution is -2.36. The molecule has 2 amide bonds. The lowest BCUT2D eigenvalue weighted by atomic mass is 10.0. The third-order valence-corrected chi connectivity index (χ3v) is 10.1. The number of ether oxygens (including phenoxy) is 2. The van der Waals surface area contributed by atoms with Gasteiger partial charge >= 0.3 is 0 Å². The summed E-state index contributed by atoms with van der Waals surface area (Å²) in [5.74, 6) is -0.465. The summed E-state index contributed by atoms with van der Waals surface area (Å²) in [5, 5.41) is 3.52. The fraction of sp³-hybridized carbons (Fsp3) is 0.571. The first kappa shape index (κ1) is 32.2. The molecule has 1 aliphatic rings. The molecule has 0 fully saturated rings. The van der Waals surface area contributed by atoms with Crippen LogP contribution in [0, 0.1) is 0 Å². The second-order valence-corrected chi connectivity index (χ2v) is 12.6. The highest BCUT2D eigenvalue weighted by Crippen LogP contribution is 2.38. The summed E-state index contributed by atoms with van der Waals surface area (Å²) < 4.78 is 37.9. The van der Waals surface area contributed by atoms with Crippen LogP contribution in [-0.4, -0.2) is 101 Å². The number of nitrogens with zero attached hydrogens (tertiary/aromatic N) is 3. The zero-order chi connectivity index (χ0) is 29.3. The molecule has 1 aromatic heterocycles. The number of hydrogen-bond donors (Lipinski definition) is 1. The Hall–Kier alpha value is -2.35. The minimum atomic E-state index is -3.80. The maximum atomic E-state index is 13.5. The molecule has 0 aliphatic carbocycles. The van der Waals surface area contributed by atoms with E-state index >= 15 is 0 Å². The van der Waals surface area contributed by atoms with Crippen molar-refractivity contribution in [3.63, 3.8) is 0 Å². The van der Waals surface area contributed by atoms with Gasteiger partial charge in [-0.1, -0.05) is 6.92 Å². The number of carbonyl (C=O) groups is 2. The molecule has 1 aliphatic heterocycles. The third-order valence-electron chi connectivity index (χ3n) is 7.01. The van der Waals surface area contributed by atoms with Crippen molar-refractivity contribution >= 4 is 38.2 Å². The van der Waals surface area contributed by atoms with E-state index in [1.807, 2.05) is 13.8 Å². The molecule has 2 heterocycles. The van der Waals surface area contributed by atoms with E-state index in [0.29, 0.717) is 29.2 Å². The van der Waals surface area contributed by atoms with Crippen LogP contribution in [0.25, 0.3) is 0 Å². The van der Waals surface area contributed by atoms with Crippen molar-refractivity contribution in [3.05, 3.63) is 45.8 Å². The molecule has 1 aromatic carbocycles. The summed E-state index contributed by atoms with van der Waals surface area (Å²) in [5.41, 5.74) is 1.91. The molecule has 2 aromatic rings. The van der Waals surface area contributed by atoms with E-state index in [2.05, 4.69) is 17.1 Å². The Kier molecular flexibility index (Phi) is 12.1. The van der Waals surface area contributed by atoms with Crippen molar-refractivity contribution in [2.75, 3.05) is 72.0 Å². The molecule has 0 atom stereocenters. The van der Waals surface area contributed by atoms with Gasteiger partial charge in [0.2, 0.25) is 10.0 Å². The monoisotopic (exact) mass is 594 g/mol. The first-order chi connectivity index (χ1) is 19.2. The number of carbonyl (C=O) groups excluding carboxylic acids is 2. The molecule has 222 valence electrons. The van der Waals surface area contributed by atoms with E-state index in [-0.39, 0.29) is 37.1 Å². The second-order valence-electron chi connectivity index (χ2n) is 9.58. The van der Waals surface area contributed by atoms with Gasteiger partial charge in [0.15, 0.2) is 0 Å². The molecule has 0 saturated heterocycles. The molecule has 10 nitrogen and oxygen atoms in total. The fourth-order valence-corrected chi connectivity index (χ4v) is 7.47. The molecule has 0 saturated carbocycles. The number of anilines is 1. The SMILES string of the molecule is CCCN1CCc2c(sc(NC(=O)c3ccc(S(=O)(=O)N(CCOC)CCOC)cc3)c2C(=O)N(CC)CC)C1. The zero-order valence-corrected chi connectivity index (χ0v) is 25.8. The third kappa shape index (κ3) is 7.48. The standard InChI is InChI=1S/C28H42N4O6S2/c1-6-14-30-15-13-23-24(20-30)39-27(25(23)28(34)31(7-2)8-3)29-26(33)21-9-11-22(12-10-21)40(35,36)32(16-18-37-4)17-19-38-5/h9-12H,6-8,13-20H2,1-5H3,(H,29,33). The Morgan fingerprint density at radius 2 is 1.65 bits per heavy atom. The Bertz CT molecular complexity index is 1230. The van der Waals surface area contributed by atoms with Crippen LogP contribution in [0.3, 0.4) is 0 Å². The number of rotatable bonds is 15. The van der Waals surface area contributed by atoms with Crippen molar-refractivity contribution in [1.82, 2.24) is 14.1 Å². The molecule has 0 unspecified atom stereocenters. The van der Waals surface area contributed by atoms with E-state index in [4.69, 9.17) is 9.47 Å². The van der Waals surface area contributed by atoms with Gasteiger partial charge in [-0.3, -0.25) is 14.5 Å².